The van der Waals surface area contributed by atoms with E-state index in [2.05, 4.69) is 10.3 Å². The number of hydrogen-bond donors (Lipinski definition) is 1. The first-order valence-corrected chi connectivity index (χ1v) is 12.2. The summed E-state index contributed by atoms with van der Waals surface area (Å²) < 4.78 is 23.7. The summed E-state index contributed by atoms with van der Waals surface area (Å²) in [7, 11) is -3.04. The summed E-state index contributed by atoms with van der Waals surface area (Å²) in [4.78, 5) is 19.2. The molecular weight excluding hydrogens is 430 g/mol. The Hall–Kier alpha value is -2.03. The second kappa shape index (κ2) is 8.01. The number of nitrogens with one attached hydrogen (secondary N) is 1. The maximum atomic E-state index is 12.7. The second-order valence-corrected chi connectivity index (χ2v) is 11.0. The molecule has 0 aliphatic carbocycles. The Bertz CT molecular complexity index is 1070. The Morgan fingerprint density at radius 3 is 2.69 bits per heavy atom. The van der Waals surface area contributed by atoms with E-state index in [1.54, 1.807) is 12.1 Å². The summed E-state index contributed by atoms with van der Waals surface area (Å²) in [6.07, 6.45) is 0. The molecule has 152 valence electrons. The van der Waals surface area contributed by atoms with E-state index in [0.29, 0.717) is 10.2 Å². The fourth-order valence-electron chi connectivity index (χ4n) is 3.43. The predicted molar refractivity (Wildman–Crippen MR) is 120 cm³/mol. The first-order chi connectivity index (χ1) is 13.8. The highest BCUT2D eigenvalue weighted by Crippen LogP contribution is 2.37. The molecule has 2 aromatic carbocycles. The van der Waals surface area contributed by atoms with Crippen molar-refractivity contribution in [2.75, 3.05) is 28.3 Å². The molecular formula is C20H20ClN3O3S2. The van der Waals surface area contributed by atoms with Crippen molar-refractivity contribution in [3.05, 3.63) is 59.1 Å². The summed E-state index contributed by atoms with van der Waals surface area (Å²) in [5.74, 6) is 0.00994. The van der Waals surface area contributed by atoms with Crippen molar-refractivity contribution >= 4 is 55.6 Å². The number of amides is 1. The fourth-order valence-corrected chi connectivity index (χ4v) is 7.33. The number of anilines is 2. The molecule has 0 bridgehead atoms. The molecule has 2 atom stereocenters. The third-order valence-corrected chi connectivity index (χ3v) is 8.28. The van der Waals surface area contributed by atoms with Gasteiger partial charge in [-0.2, -0.15) is 0 Å². The fraction of sp³-hybridized carbons (Fsp3) is 0.300. The third-order valence-electron chi connectivity index (χ3n) is 4.78. The molecule has 2 aliphatic heterocycles. The number of rotatable bonds is 4. The first kappa shape index (κ1) is 20.3. The Labute approximate surface area is 179 Å². The lowest BCUT2D eigenvalue weighted by Crippen LogP contribution is -2.36. The molecule has 0 aromatic heterocycles. The quantitative estimate of drug-likeness (QED) is 0.774. The van der Waals surface area contributed by atoms with Crippen LogP contribution in [0, 0.1) is 6.92 Å². The van der Waals surface area contributed by atoms with Gasteiger partial charge in [-0.15, -0.1) is 0 Å². The van der Waals surface area contributed by atoms with E-state index >= 15 is 0 Å². The lowest BCUT2D eigenvalue weighted by atomic mass is 10.2. The summed E-state index contributed by atoms with van der Waals surface area (Å²) in [5.41, 5.74) is 2.57. The van der Waals surface area contributed by atoms with Gasteiger partial charge in [0.15, 0.2) is 15.0 Å². The number of fused-ring (bicyclic) bond motifs is 1. The Balaban J connectivity index is 1.56. The summed E-state index contributed by atoms with van der Waals surface area (Å²) in [6, 6.07) is 14.5. The van der Waals surface area contributed by atoms with Crippen LogP contribution in [0.5, 0.6) is 0 Å². The standard InChI is InChI=1S/C20H20ClN3O3S2/c1-13-3-2-4-15(9-13)22-19(25)10-24(16-7-5-14(21)6-8-16)20-23-17-11-29(26,27)12-18(17)28-20/h2-9,17-18H,10-12H2,1H3,(H,22,25). The van der Waals surface area contributed by atoms with Gasteiger partial charge in [-0.3, -0.25) is 9.79 Å². The van der Waals surface area contributed by atoms with Gasteiger partial charge in [0, 0.05) is 21.6 Å². The lowest BCUT2D eigenvalue weighted by molar-refractivity contribution is -0.114. The van der Waals surface area contributed by atoms with Crippen LogP contribution in [0.15, 0.2) is 53.5 Å². The molecule has 9 heteroatoms. The van der Waals surface area contributed by atoms with Crippen molar-refractivity contribution in [1.29, 1.82) is 0 Å². The van der Waals surface area contributed by atoms with Crippen molar-refractivity contribution in [3.8, 4) is 0 Å². The first-order valence-electron chi connectivity index (χ1n) is 9.13. The number of thioether (sulfide) groups is 1. The summed E-state index contributed by atoms with van der Waals surface area (Å²) in [6.45, 7) is 2.03. The number of benzene rings is 2. The van der Waals surface area contributed by atoms with Crippen LogP contribution in [0.3, 0.4) is 0 Å². The molecule has 1 N–H and O–H groups in total. The topological polar surface area (TPSA) is 78.8 Å². The van der Waals surface area contributed by atoms with Gasteiger partial charge in [-0.25, -0.2) is 8.42 Å². The van der Waals surface area contributed by atoms with Crippen LogP contribution >= 0.6 is 23.4 Å². The molecule has 2 unspecified atom stereocenters. The molecule has 2 aromatic rings. The largest absolute Gasteiger partial charge is 0.325 e. The smallest absolute Gasteiger partial charge is 0.244 e. The van der Waals surface area contributed by atoms with Crippen LogP contribution in [0.25, 0.3) is 0 Å². The number of hydrogen-bond acceptors (Lipinski definition) is 6. The monoisotopic (exact) mass is 449 g/mol. The van der Waals surface area contributed by atoms with Gasteiger partial charge in [0.1, 0.15) is 6.54 Å². The number of amidine groups is 1. The average Bonchev–Trinajstić information content (AvgIpc) is 3.14. The van der Waals surface area contributed by atoms with Crippen LogP contribution < -0.4 is 10.2 Å². The molecule has 0 radical (unpaired) electrons. The Kier molecular flexibility index (Phi) is 5.59. The van der Waals surface area contributed by atoms with Crippen LogP contribution in [0.2, 0.25) is 5.02 Å². The number of sulfone groups is 1. The highest BCUT2D eigenvalue weighted by atomic mass is 35.5. The highest BCUT2D eigenvalue weighted by Gasteiger charge is 2.44. The normalized spacial score (nSPS) is 22.1. The van der Waals surface area contributed by atoms with Gasteiger partial charge in [-0.1, -0.05) is 35.5 Å². The van der Waals surface area contributed by atoms with Gasteiger partial charge in [-0.05, 0) is 48.9 Å². The minimum absolute atomic E-state index is 0.0631. The van der Waals surface area contributed by atoms with Gasteiger partial charge < -0.3 is 10.2 Å². The SMILES string of the molecule is Cc1cccc(NC(=O)CN(C2=NC3CS(=O)(=O)CC3S2)c2ccc(Cl)cc2)c1. The number of aliphatic imine (C=N–C) groups is 1. The maximum Gasteiger partial charge on any atom is 0.244 e. The molecule has 6 nitrogen and oxygen atoms in total. The number of nitrogens with zero attached hydrogens (tertiary/aromatic N) is 2. The number of carbonyl (C=O) groups excluding carboxylic acids is 1. The van der Waals surface area contributed by atoms with Gasteiger partial charge >= 0.3 is 0 Å². The van der Waals surface area contributed by atoms with E-state index in [9.17, 15) is 13.2 Å². The zero-order valence-corrected chi connectivity index (χ0v) is 18.1. The van der Waals surface area contributed by atoms with Crippen LogP contribution in [0.4, 0.5) is 11.4 Å². The van der Waals surface area contributed by atoms with Crippen molar-refractivity contribution in [3.63, 3.8) is 0 Å². The number of aryl methyl sites for hydroxylation is 1. The molecule has 1 saturated heterocycles. The van der Waals surface area contributed by atoms with E-state index in [1.807, 2.05) is 48.2 Å². The van der Waals surface area contributed by atoms with E-state index < -0.39 is 9.84 Å². The van der Waals surface area contributed by atoms with E-state index in [1.165, 1.54) is 11.8 Å². The van der Waals surface area contributed by atoms with E-state index in [4.69, 9.17) is 11.6 Å². The molecule has 29 heavy (non-hydrogen) atoms. The van der Waals surface area contributed by atoms with E-state index in [-0.39, 0.29) is 35.2 Å². The second-order valence-electron chi connectivity index (χ2n) is 7.19. The van der Waals surface area contributed by atoms with Gasteiger partial charge in [0.25, 0.3) is 0 Å². The number of carbonyl (C=O) groups is 1. The van der Waals surface area contributed by atoms with Crippen molar-refractivity contribution < 1.29 is 13.2 Å². The van der Waals surface area contributed by atoms with Crippen LogP contribution in [-0.4, -0.2) is 48.8 Å². The number of halogens is 1. The maximum absolute atomic E-state index is 12.7. The zero-order valence-electron chi connectivity index (χ0n) is 15.7. The van der Waals surface area contributed by atoms with Crippen molar-refractivity contribution in [1.82, 2.24) is 0 Å². The third kappa shape index (κ3) is 4.76. The Morgan fingerprint density at radius 2 is 2.00 bits per heavy atom. The van der Waals surface area contributed by atoms with Gasteiger partial charge in [0.2, 0.25) is 5.91 Å². The summed E-state index contributed by atoms with van der Waals surface area (Å²) >= 11 is 7.44. The van der Waals surface area contributed by atoms with Crippen molar-refractivity contribution in [2.24, 2.45) is 4.99 Å². The molecule has 0 saturated carbocycles. The molecule has 2 heterocycles. The predicted octanol–water partition coefficient (Wildman–Crippen LogP) is 3.36. The highest BCUT2D eigenvalue weighted by molar-refractivity contribution is 8.15. The molecule has 2 aliphatic rings. The molecule has 1 fully saturated rings. The molecule has 1 amide bonds. The minimum atomic E-state index is -3.04. The lowest BCUT2D eigenvalue weighted by Gasteiger charge is -2.24. The Morgan fingerprint density at radius 1 is 1.24 bits per heavy atom. The summed E-state index contributed by atoms with van der Waals surface area (Å²) in [5, 5.41) is 4.08. The molecule has 4 rings (SSSR count). The van der Waals surface area contributed by atoms with Crippen molar-refractivity contribution in [2.45, 2.75) is 18.2 Å². The van der Waals surface area contributed by atoms with Gasteiger partial charge in [0.05, 0.1) is 17.5 Å². The molecule has 0 spiro atoms. The van der Waals surface area contributed by atoms with E-state index in [0.717, 1.165) is 16.9 Å². The van der Waals surface area contributed by atoms with Crippen LogP contribution in [-0.2, 0) is 14.6 Å². The zero-order chi connectivity index (χ0) is 20.6. The van der Waals surface area contributed by atoms with Crippen LogP contribution in [0.1, 0.15) is 5.56 Å². The minimum Gasteiger partial charge on any atom is -0.325 e. The average molecular weight is 450 g/mol.